The first-order valence-corrected chi connectivity index (χ1v) is 5.81. The summed E-state index contributed by atoms with van der Waals surface area (Å²) in [7, 11) is -3.53. The Bertz CT molecular complexity index is 184. The summed E-state index contributed by atoms with van der Waals surface area (Å²) < 4.78 is 21.0. The maximum atomic E-state index is 11.5. The summed E-state index contributed by atoms with van der Waals surface area (Å²) in [5, 5.41) is 0. The highest BCUT2D eigenvalue weighted by atomic mass is 32.1. The number of carbonyl (C=O) groups is 1. The molecule has 0 aliphatic carbocycles. The maximum Gasteiger partial charge on any atom is 0.397 e. The Morgan fingerprint density at radius 2 is 1.75 bits per heavy atom. The van der Waals surface area contributed by atoms with Crippen LogP contribution in [0.2, 0.25) is 0 Å². The van der Waals surface area contributed by atoms with E-state index in [2.05, 4.69) is 12.6 Å². The third-order valence-electron chi connectivity index (χ3n) is 1.04. The molecule has 0 fully saturated rings. The lowest BCUT2D eigenvalue weighted by molar-refractivity contribution is -0.111. The molecule has 0 aliphatic rings. The van der Waals surface area contributed by atoms with E-state index in [-0.39, 0.29) is 19.0 Å². The summed E-state index contributed by atoms with van der Waals surface area (Å²) in [4.78, 5) is 11.0. The van der Waals surface area contributed by atoms with E-state index in [0.29, 0.717) is 0 Å². The Morgan fingerprint density at radius 3 is 2.00 bits per heavy atom. The van der Waals surface area contributed by atoms with Gasteiger partial charge in [-0.25, -0.2) is 0 Å². The second kappa shape index (κ2) is 5.75. The summed E-state index contributed by atoms with van der Waals surface area (Å²) >= 11 is 3.71. The Balaban J connectivity index is 4.38. The van der Waals surface area contributed by atoms with E-state index in [4.69, 9.17) is 9.05 Å². The van der Waals surface area contributed by atoms with Gasteiger partial charge in [0.2, 0.25) is 0 Å². The molecule has 0 radical (unpaired) electrons. The van der Waals surface area contributed by atoms with Crippen molar-refractivity contribution < 1.29 is 18.4 Å². The van der Waals surface area contributed by atoms with Gasteiger partial charge in [0, 0.05) is 0 Å². The molecular weight excluding hydrogens is 199 g/mol. The second-order valence-corrected chi connectivity index (χ2v) is 4.21. The predicted molar refractivity (Wildman–Crippen MR) is 49.7 cm³/mol. The minimum atomic E-state index is -3.53. The molecule has 0 aromatic heterocycles. The van der Waals surface area contributed by atoms with Gasteiger partial charge in [-0.05, 0) is 13.8 Å². The van der Waals surface area contributed by atoms with Gasteiger partial charge < -0.3 is 9.05 Å². The maximum absolute atomic E-state index is 11.5. The fourth-order valence-electron chi connectivity index (χ4n) is 0.608. The Hall–Kier alpha value is 0.170. The van der Waals surface area contributed by atoms with Crippen LogP contribution in [0.25, 0.3) is 0 Å². The monoisotopic (exact) mass is 212 g/mol. The van der Waals surface area contributed by atoms with Crippen LogP contribution in [0, 0.1) is 0 Å². The van der Waals surface area contributed by atoms with E-state index in [1.165, 1.54) is 0 Å². The molecule has 0 N–H and O–H groups in total. The quantitative estimate of drug-likeness (QED) is 0.538. The van der Waals surface area contributed by atoms with E-state index >= 15 is 0 Å². The molecule has 0 saturated carbocycles. The van der Waals surface area contributed by atoms with Crippen LogP contribution in [0.5, 0.6) is 0 Å². The van der Waals surface area contributed by atoms with Crippen molar-refractivity contribution in [2.75, 3.05) is 19.0 Å². The summed E-state index contributed by atoms with van der Waals surface area (Å²) in [6.45, 7) is 3.68. The molecule has 0 aromatic rings. The van der Waals surface area contributed by atoms with Gasteiger partial charge in [0.05, 0.1) is 19.0 Å². The summed E-state index contributed by atoms with van der Waals surface area (Å²) in [5.41, 5.74) is -0.588. The van der Waals surface area contributed by atoms with Crippen LogP contribution in [-0.4, -0.2) is 24.5 Å². The highest BCUT2D eigenvalue weighted by molar-refractivity contribution is 7.84. The minimum absolute atomic E-state index is 0.128. The van der Waals surface area contributed by atoms with E-state index in [9.17, 15) is 9.36 Å². The van der Waals surface area contributed by atoms with E-state index in [0.717, 1.165) is 0 Å². The Morgan fingerprint density at radius 1 is 1.33 bits per heavy atom. The molecule has 0 rings (SSSR count). The van der Waals surface area contributed by atoms with Crippen LogP contribution in [0.15, 0.2) is 0 Å². The second-order valence-electron chi connectivity index (χ2n) is 1.88. The Labute approximate surface area is 77.6 Å². The van der Waals surface area contributed by atoms with Gasteiger partial charge in [0.15, 0.2) is 0 Å². The third kappa shape index (κ3) is 3.27. The highest BCUT2D eigenvalue weighted by Gasteiger charge is 2.32. The first-order valence-electron chi connectivity index (χ1n) is 3.64. The van der Waals surface area contributed by atoms with Crippen molar-refractivity contribution in [1.82, 2.24) is 0 Å². The van der Waals surface area contributed by atoms with Crippen molar-refractivity contribution >= 4 is 25.7 Å². The molecule has 72 valence electrons. The highest BCUT2D eigenvalue weighted by Crippen LogP contribution is 2.48. The largest absolute Gasteiger partial charge is 0.397 e. The van der Waals surface area contributed by atoms with Crippen molar-refractivity contribution in [3.05, 3.63) is 0 Å². The molecule has 4 nitrogen and oxygen atoms in total. The van der Waals surface area contributed by atoms with Crippen molar-refractivity contribution in [1.29, 1.82) is 0 Å². The van der Waals surface area contributed by atoms with E-state index in [1.807, 2.05) is 0 Å². The van der Waals surface area contributed by atoms with Crippen LogP contribution in [0.4, 0.5) is 0 Å². The van der Waals surface area contributed by atoms with Crippen LogP contribution < -0.4 is 0 Å². The summed E-state index contributed by atoms with van der Waals surface area (Å²) in [6, 6.07) is 0. The number of hydrogen-bond donors (Lipinski definition) is 1. The first-order chi connectivity index (χ1) is 5.60. The first kappa shape index (κ1) is 12.2. The Kier molecular flexibility index (Phi) is 5.84. The summed E-state index contributed by atoms with van der Waals surface area (Å²) in [6.07, 6.45) is 0. The number of thiol groups is 1. The van der Waals surface area contributed by atoms with Gasteiger partial charge >= 0.3 is 7.60 Å². The molecule has 0 unspecified atom stereocenters. The number of rotatable bonds is 6. The lowest BCUT2D eigenvalue weighted by Gasteiger charge is -2.13. The van der Waals surface area contributed by atoms with Crippen LogP contribution in [-0.2, 0) is 18.4 Å². The van der Waals surface area contributed by atoms with Gasteiger partial charge in [0.1, 0.15) is 0 Å². The third-order valence-corrected chi connectivity index (χ3v) is 3.54. The van der Waals surface area contributed by atoms with Crippen LogP contribution in [0.3, 0.4) is 0 Å². The predicted octanol–water partition coefficient (Wildman–Crippen LogP) is 1.71. The zero-order valence-corrected chi connectivity index (χ0v) is 8.94. The molecule has 0 bridgehead atoms. The normalized spacial score (nSPS) is 11.6. The van der Waals surface area contributed by atoms with Crippen molar-refractivity contribution in [3.8, 4) is 0 Å². The van der Waals surface area contributed by atoms with E-state index in [1.54, 1.807) is 13.8 Å². The lowest BCUT2D eigenvalue weighted by Crippen LogP contribution is -2.07. The van der Waals surface area contributed by atoms with Gasteiger partial charge in [-0.2, -0.15) is 12.6 Å². The fourth-order valence-corrected chi connectivity index (χ4v) is 2.34. The topological polar surface area (TPSA) is 52.6 Å². The lowest BCUT2D eigenvalue weighted by atomic mass is 10.9. The number of carbonyl (C=O) groups excluding carboxylic acids is 1. The zero-order chi connectivity index (χ0) is 9.61. The average molecular weight is 212 g/mol. The number of hydrogen-bond acceptors (Lipinski definition) is 5. The summed E-state index contributed by atoms with van der Waals surface area (Å²) in [5.74, 6) is -0.128. The molecule has 0 heterocycles. The molecule has 0 amide bonds. The molecule has 0 spiro atoms. The van der Waals surface area contributed by atoms with Crippen molar-refractivity contribution in [3.63, 3.8) is 0 Å². The smallest absolute Gasteiger partial charge is 0.303 e. The SMILES string of the molecule is CCOP(=O)(OCC)C(=O)CS. The van der Waals surface area contributed by atoms with E-state index < -0.39 is 13.1 Å². The van der Waals surface area contributed by atoms with Gasteiger partial charge in [-0.15, -0.1) is 0 Å². The molecule has 0 atom stereocenters. The van der Waals surface area contributed by atoms with Crippen LogP contribution >= 0.6 is 20.2 Å². The van der Waals surface area contributed by atoms with Gasteiger partial charge in [0.25, 0.3) is 5.52 Å². The minimum Gasteiger partial charge on any atom is -0.303 e. The molecule has 0 aliphatic heterocycles. The molecule has 0 aromatic carbocycles. The fraction of sp³-hybridized carbons (Fsp3) is 0.833. The molecule has 12 heavy (non-hydrogen) atoms. The molecular formula is C6H13O4PS. The molecule has 0 saturated heterocycles. The van der Waals surface area contributed by atoms with Gasteiger partial charge in [-0.1, -0.05) is 0 Å². The van der Waals surface area contributed by atoms with Crippen molar-refractivity contribution in [2.45, 2.75) is 13.8 Å². The van der Waals surface area contributed by atoms with Crippen LogP contribution in [0.1, 0.15) is 13.8 Å². The van der Waals surface area contributed by atoms with Crippen molar-refractivity contribution in [2.24, 2.45) is 0 Å². The zero-order valence-electron chi connectivity index (χ0n) is 7.15. The molecule has 6 heteroatoms. The average Bonchev–Trinajstić information content (AvgIpc) is 2.04. The standard InChI is InChI=1S/C6H13O4PS/c1-3-9-11(8,10-4-2)6(7)5-12/h12H,3-5H2,1-2H3. The van der Waals surface area contributed by atoms with Gasteiger partial charge in [-0.3, -0.25) is 9.36 Å².